The smallest absolute Gasteiger partial charge is 0.407 e. The maximum Gasteiger partial charge on any atom is 0.407 e. The van der Waals surface area contributed by atoms with Crippen LogP contribution in [0, 0.1) is 12.7 Å². The topological polar surface area (TPSA) is 87.5 Å². The molecule has 2 N–H and O–H groups in total. The number of amides is 2. The number of hydrogen-bond donors (Lipinski definition) is 2. The molecule has 7 nitrogen and oxygen atoms in total. The van der Waals surface area contributed by atoms with E-state index >= 15 is 0 Å². The Hall–Kier alpha value is -2.90. The van der Waals surface area contributed by atoms with E-state index in [2.05, 4.69) is 10.3 Å². The third-order valence-corrected chi connectivity index (χ3v) is 4.00. The first-order valence-electron chi connectivity index (χ1n) is 7.53. The van der Waals surface area contributed by atoms with E-state index < -0.39 is 17.8 Å². The molecule has 0 radical (unpaired) electrons. The molecule has 1 atom stereocenters. The van der Waals surface area contributed by atoms with E-state index in [1.54, 1.807) is 23.2 Å². The van der Waals surface area contributed by atoms with Crippen LogP contribution in [0.5, 0.6) is 0 Å². The second kappa shape index (κ2) is 6.31. The molecule has 2 heterocycles. The van der Waals surface area contributed by atoms with Gasteiger partial charge in [-0.25, -0.2) is 14.2 Å². The summed E-state index contributed by atoms with van der Waals surface area (Å²) in [6.07, 6.45) is 2.83. The summed E-state index contributed by atoms with van der Waals surface area (Å²) in [5.74, 6) is -1.18. The Morgan fingerprint density at radius 1 is 1.42 bits per heavy atom. The van der Waals surface area contributed by atoms with Crippen LogP contribution in [0.2, 0.25) is 0 Å². The number of carbonyl (C=O) groups is 2. The monoisotopic (exact) mass is 332 g/mol. The van der Waals surface area contributed by atoms with Crippen LogP contribution in [0.1, 0.15) is 22.5 Å². The molecule has 1 aliphatic rings. The molecular formula is C16H17FN4O3. The first-order chi connectivity index (χ1) is 11.4. The lowest BCUT2D eigenvalue weighted by Crippen LogP contribution is -2.38. The molecule has 0 bridgehead atoms. The number of hydrogen-bond acceptors (Lipinski definition) is 3. The van der Waals surface area contributed by atoms with Crippen LogP contribution in [-0.2, 0) is 0 Å². The fourth-order valence-corrected chi connectivity index (χ4v) is 2.73. The minimum atomic E-state index is -1.02. The average Bonchev–Trinajstić information content (AvgIpc) is 3.16. The van der Waals surface area contributed by atoms with Gasteiger partial charge >= 0.3 is 6.09 Å². The number of rotatable bonds is 3. The number of benzene rings is 1. The molecule has 8 heteroatoms. The summed E-state index contributed by atoms with van der Waals surface area (Å²) in [6.45, 7) is 2.41. The molecule has 1 saturated heterocycles. The van der Waals surface area contributed by atoms with Crippen LogP contribution < -0.4 is 5.32 Å². The molecule has 3 rings (SSSR count). The summed E-state index contributed by atoms with van der Waals surface area (Å²) in [6, 6.07) is 4.02. The van der Waals surface area contributed by atoms with Crippen molar-refractivity contribution in [2.45, 2.75) is 19.4 Å². The molecule has 2 aromatic rings. The minimum Gasteiger partial charge on any atom is -0.465 e. The predicted molar refractivity (Wildman–Crippen MR) is 83.7 cm³/mol. The molecule has 1 unspecified atom stereocenters. The number of carboxylic acid groups (broad SMARTS) is 1. The number of aromatic nitrogens is 2. The Morgan fingerprint density at radius 3 is 2.79 bits per heavy atom. The molecule has 0 aliphatic carbocycles. The molecule has 1 fully saturated rings. The maximum atomic E-state index is 14.3. The van der Waals surface area contributed by atoms with Crippen molar-refractivity contribution in [1.29, 1.82) is 0 Å². The minimum absolute atomic E-state index is 0.0654. The molecule has 24 heavy (non-hydrogen) atoms. The van der Waals surface area contributed by atoms with Gasteiger partial charge in [0.1, 0.15) is 5.82 Å². The van der Waals surface area contributed by atoms with Crippen LogP contribution in [0.4, 0.5) is 9.18 Å². The summed E-state index contributed by atoms with van der Waals surface area (Å²) >= 11 is 0. The van der Waals surface area contributed by atoms with E-state index in [1.807, 2.05) is 6.92 Å². The lowest BCUT2D eigenvalue weighted by atomic mass is 10.1. The van der Waals surface area contributed by atoms with E-state index in [9.17, 15) is 14.0 Å². The standard InChI is InChI=1S/C16H17FN4O3/c1-10-7-21(9-18-10)12-2-3-13(14(17)6-12)15(22)19-11-4-5-20(8-11)16(23)24/h2-3,6-7,9,11H,4-5,8H2,1H3,(H,19,22)(H,23,24). The first-order valence-corrected chi connectivity index (χ1v) is 7.53. The van der Waals surface area contributed by atoms with Gasteiger partial charge in [-0.1, -0.05) is 0 Å². The summed E-state index contributed by atoms with van der Waals surface area (Å²) in [4.78, 5) is 28.4. The lowest BCUT2D eigenvalue weighted by Gasteiger charge is -2.14. The van der Waals surface area contributed by atoms with Gasteiger partial charge < -0.3 is 19.9 Å². The SMILES string of the molecule is Cc1cn(-c2ccc(C(=O)NC3CCN(C(=O)O)C3)c(F)c2)cn1. The zero-order valence-electron chi connectivity index (χ0n) is 13.1. The highest BCUT2D eigenvalue weighted by atomic mass is 19.1. The highest BCUT2D eigenvalue weighted by Gasteiger charge is 2.27. The number of nitrogens with one attached hydrogen (secondary N) is 1. The van der Waals surface area contributed by atoms with Crippen LogP contribution >= 0.6 is 0 Å². The van der Waals surface area contributed by atoms with Crippen LogP contribution in [0.25, 0.3) is 5.69 Å². The molecule has 126 valence electrons. The van der Waals surface area contributed by atoms with Crippen molar-refractivity contribution in [2.75, 3.05) is 13.1 Å². The third kappa shape index (κ3) is 3.22. The van der Waals surface area contributed by atoms with Crippen molar-refractivity contribution >= 4 is 12.0 Å². The van der Waals surface area contributed by atoms with Crippen LogP contribution in [0.3, 0.4) is 0 Å². The molecule has 2 amide bonds. The van der Waals surface area contributed by atoms with Crippen molar-refractivity contribution in [3.63, 3.8) is 0 Å². The lowest BCUT2D eigenvalue weighted by molar-refractivity contribution is 0.0931. The van der Waals surface area contributed by atoms with Crippen molar-refractivity contribution in [3.05, 3.63) is 47.8 Å². The number of nitrogens with zero attached hydrogens (tertiary/aromatic N) is 3. The highest BCUT2D eigenvalue weighted by molar-refractivity contribution is 5.95. The first kappa shape index (κ1) is 16.0. The summed E-state index contributed by atoms with van der Waals surface area (Å²) in [7, 11) is 0. The average molecular weight is 332 g/mol. The zero-order valence-corrected chi connectivity index (χ0v) is 13.1. The van der Waals surface area contributed by atoms with Gasteiger partial charge in [0, 0.05) is 31.0 Å². The summed E-state index contributed by atoms with van der Waals surface area (Å²) < 4.78 is 15.9. The van der Waals surface area contributed by atoms with E-state index in [0.717, 1.165) is 5.69 Å². The number of carbonyl (C=O) groups excluding carboxylic acids is 1. The number of halogens is 1. The number of likely N-dealkylation sites (tertiary alicyclic amines) is 1. The molecule has 0 saturated carbocycles. The zero-order chi connectivity index (χ0) is 17.3. The maximum absolute atomic E-state index is 14.3. The van der Waals surface area contributed by atoms with Gasteiger partial charge in [-0.3, -0.25) is 4.79 Å². The quantitative estimate of drug-likeness (QED) is 0.897. The van der Waals surface area contributed by atoms with E-state index in [1.165, 1.54) is 17.0 Å². The van der Waals surface area contributed by atoms with E-state index in [-0.39, 0.29) is 18.2 Å². The Bertz CT molecular complexity index is 789. The van der Waals surface area contributed by atoms with Crippen molar-refractivity contribution in [2.24, 2.45) is 0 Å². The van der Waals surface area contributed by atoms with Crippen LogP contribution in [0.15, 0.2) is 30.7 Å². The van der Waals surface area contributed by atoms with Gasteiger partial charge in [0.2, 0.25) is 0 Å². The molecular weight excluding hydrogens is 315 g/mol. The number of aryl methyl sites for hydroxylation is 1. The Morgan fingerprint density at radius 2 is 2.21 bits per heavy atom. The Balaban J connectivity index is 1.70. The summed E-state index contributed by atoms with van der Waals surface area (Å²) in [5.41, 5.74) is 1.31. The molecule has 0 spiro atoms. The largest absolute Gasteiger partial charge is 0.465 e. The van der Waals surface area contributed by atoms with Gasteiger partial charge in [-0.05, 0) is 31.5 Å². The highest BCUT2D eigenvalue weighted by Crippen LogP contribution is 2.16. The molecule has 1 aliphatic heterocycles. The van der Waals surface area contributed by atoms with E-state index in [0.29, 0.717) is 18.7 Å². The molecule has 1 aromatic carbocycles. The van der Waals surface area contributed by atoms with Gasteiger partial charge in [0.25, 0.3) is 5.91 Å². The van der Waals surface area contributed by atoms with Gasteiger partial charge in [-0.15, -0.1) is 0 Å². The van der Waals surface area contributed by atoms with Gasteiger partial charge in [0.05, 0.1) is 17.6 Å². The number of imidazole rings is 1. The third-order valence-electron chi connectivity index (χ3n) is 4.00. The fourth-order valence-electron chi connectivity index (χ4n) is 2.73. The Labute approximate surface area is 137 Å². The van der Waals surface area contributed by atoms with Gasteiger partial charge in [-0.2, -0.15) is 0 Å². The van der Waals surface area contributed by atoms with Crippen molar-refractivity contribution < 1.29 is 19.1 Å². The molecule has 1 aromatic heterocycles. The van der Waals surface area contributed by atoms with Crippen molar-refractivity contribution in [1.82, 2.24) is 19.8 Å². The Kier molecular flexibility index (Phi) is 4.20. The van der Waals surface area contributed by atoms with Crippen molar-refractivity contribution in [3.8, 4) is 5.69 Å². The van der Waals surface area contributed by atoms with E-state index in [4.69, 9.17) is 5.11 Å². The fraction of sp³-hybridized carbons (Fsp3) is 0.312. The van der Waals surface area contributed by atoms with Crippen LogP contribution in [-0.4, -0.2) is 50.7 Å². The summed E-state index contributed by atoms with van der Waals surface area (Å²) in [5, 5.41) is 11.6. The normalized spacial score (nSPS) is 17.1. The predicted octanol–water partition coefficient (Wildman–Crippen LogP) is 1.80. The van der Waals surface area contributed by atoms with Gasteiger partial charge in [0.15, 0.2) is 0 Å². The second-order valence-corrected chi connectivity index (χ2v) is 5.77. The second-order valence-electron chi connectivity index (χ2n) is 5.77.